The molecule has 3 rings (SSSR count). The normalized spacial score (nSPS) is 11.2. The van der Waals surface area contributed by atoms with Crippen LogP contribution >= 0.6 is 11.6 Å². The summed E-state index contributed by atoms with van der Waals surface area (Å²) in [7, 11) is 0. The second-order valence-electron chi connectivity index (χ2n) is 5.08. The molecule has 3 aromatic rings. The first kappa shape index (κ1) is 13.2. The molecule has 0 N–H and O–H groups in total. The SMILES string of the molecule is Cc1ccc2c(c1)nc(CCCl)n2-c1ccccc1C. The Labute approximate surface area is 124 Å². The summed E-state index contributed by atoms with van der Waals surface area (Å²) >= 11 is 5.94. The van der Waals surface area contributed by atoms with Crippen LogP contribution in [0.4, 0.5) is 0 Å². The number of aromatic nitrogens is 2. The monoisotopic (exact) mass is 284 g/mol. The summed E-state index contributed by atoms with van der Waals surface area (Å²) in [4.78, 5) is 4.76. The van der Waals surface area contributed by atoms with E-state index in [0.717, 1.165) is 23.3 Å². The summed E-state index contributed by atoms with van der Waals surface area (Å²) in [5.41, 5.74) is 5.82. The van der Waals surface area contributed by atoms with Gasteiger partial charge in [0, 0.05) is 12.3 Å². The Hall–Kier alpha value is -1.80. The van der Waals surface area contributed by atoms with E-state index in [-0.39, 0.29) is 0 Å². The quantitative estimate of drug-likeness (QED) is 0.651. The minimum atomic E-state index is 0.578. The Kier molecular flexibility index (Phi) is 3.49. The molecule has 2 nitrogen and oxygen atoms in total. The Morgan fingerprint density at radius 1 is 1.10 bits per heavy atom. The van der Waals surface area contributed by atoms with Gasteiger partial charge >= 0.3 is 0 Å². The second kappa shape index (κ2) is 5.29. The van der Waals surface area contributed by atoms with Gasteiger partial charge in [0.25, 0.3) is 0 Å². The number of alkyl halides is 1. The number of aryl methyl sites for hydroxylation is 3. The van der Waals surface area contributed by atoms with Crippen molar-refractivity contribution < 1.29 is 0 Å². The van der Waals surface area contributed by atoms with Crippen molar-refractivity contribution in [3.8, 4) is 5.69 Å². The highest BCUT2D eigenvalue weighted by molar-refractivity contribution is 6.17. The number of para-hydroxylation sites is 1. The molecule has 0 fully saturated rings. The summed E-state index contributed by atoms with van der Waals surface area (Å²) in [5, 5.41) is 0. The molecule has 0 atom stereocenters. The molecule has 3 heteroatoms. The molecule has 102 valence electrons. The van der Waals surface area contributed by atoms with Crippen LogP contribution in [0.25, 0.3) is 16.7 Å². The maximum Gasteiger partial charge on any atom is 0.115 e. The Morgan fingerprint density at radius 3 is 2.65 bits per heavy atom. The molecule has 0 unspecified atom stereocenters. The predicted octanol–water partition coefficient (Wildman–Crippen LogP) is 4.42. The molecule has 1 heterocycles. The van der Waals surface area contributed by atoms with E-state index in [1.807, 2.05) is 0 Å². The minimum absolute atomic E-state index is 0.578. The van der Waals surface area contributed by atoms with E-state index in [1.54, 1.807) is 0 Å². The number of fused-ring (bicyclic) bond motifs is 1. The molecule has 0 aliphatic heterocycles. The van der Waals surface area contributed by atoms with E-state index in [2.05, 4.69) is 60.9 Å². The van der Waals surface area contributed by atoms with Crippen LogP contribution < -0.4 is 0 Å². The number of rotatable bonds is 3. The molecule has 0 aliphatic rings. The highest BCUT2D eigenvalue weighted by atomic mass is 35.5. The van der Waals surface area contributed by atoms with Gasteiger partial charge in [-0.3, -0.25) is 4.57 Å². The van der Waals surface area contributed by atoms with Gasteiger partial charge in [0.15, 0.2) is 0 Å². The van der Waals surface area contributed by atoms with Crippen molar-refractivity contribution >= 4 is 22.6 Å². The zero-order valence-electron chi connectivity index (χ0n) is 11.7. The fourth-order valence-electron chi connectivity index (χ4n) is 2.58. The van der Waals surface area contributed by atoms with Crippen molar-refractivity contribution in [2.24, 2.45) is 0 Å². The van der Waals surface area contributed by atoms with E-state index in [1.165, 1.54) is 16.8 Å². The van der Waals surface area contributed by atoms with E-state index in [0.29, 0.717) is 5.88 Å². The van der Waals surface area contributed by atoms with E-state index >= 15 is 0 Å². The van der Waals surface area contributed by atoms with Crippen molar-refractivity contribution in [3.63, 3.8) is 0 Å². The molecular formula is C17H17ClN2. The van der Waals surface area contributed by atoms with Gasteiger partial charge in [-0.15, -0.1) is 11.6 Å². The lowest BCUT2D eigenvalue weighted by Gasteiger charge is -2.11. The number of nitrogens with zero attached hydrogens (tertiary/aromatic N) is 2. The third-order valence-electron chi connectivity index (χ3n) is 3.55. The first-order valence-corrected chi connectivity index (χ1v) is 7.34. The number of hydrogen-bond acceptors (Lipinski definition) is 1. The number of halogens is 1. The molecule has 0 amide bonds. The molecule has 0 aliphatic carbocycles. The lowest BCUT2D eigenvalue weighted by Crippen LogP contribution is -2.03. The Bertz CT molecular complexity index is 759. The van der Waals surface area contributed by atoms with Gasteiger partial charge in [-0.25, -0.2) is 4.98 Å². The molecular weight excluding hydrogens is 268 g/mol. The lowest BCUT2D eigenvalue weighted by atomic mass is 10.2. The van der Waals surface area contributed by atoms with Crippen LogP contribution in [0.5, 0.6) is 0 Å². The predicted molar refractivity (Wildman–Crippen MR) is 85.0 cm³/mol. The van der Waals surface area contributed by atoms with E-state index in [9.17, 15) is 0 Å². The lowest BCUT2D eigenvalue weighted by molar-refractivity contribution is 0.907. The third kappa shape index (κ3) is 2.20. The molecule has 0 saturated heterocycles. The highest BCUT2D eigenvalue weighted by Gasteiger charge is 2.13. The fraction of sp³-hybridized carbons (Fsp3) is 0.235. The molecule has 0 radical (unpaired) electrons. The van der Waals surface area contributed by atoms with Crippen molar-refractivity contribution in [1.29, 1.82) is 0 Å². The second-order valence-corrected chi connectivity index (χ2v) is 5.46. The van der Waals surface area contributed by atoms with Crippen molar-refractivity contribution in [2.45, 2.75) is 20.3 Å². The van der Waals surface area contributed by atoms with Crippen LogP contribution in [0.3, 0.4) is 0 Å². The van der Waals surface area contributed by atoms with E-state index in [4.69, 9.17) is 16.6 Å². The highest BCUT2D eigenvalue weighted by Crippen LogP contribution is 2.25. The minimum Gasteiger partial charge on any atom is -0.296 e. The number of hydrogen-bond donors (Lipinski definition) is 0. The van der Waals surface area contributed by atoms with Crippen LogP contribution in [0.2, 0.25) is 0 Å². The smallest absolute Gasteiger partial charge is 0.115 e. The summed E-state index contributed by atoms with van der Waals surface area (Å²) in [5.74, 6) is 1.60. The van der Waals surface area contributed by atoms with Gasteiger partial charge in [0.2, 0.25) is 0 Å². The van der Waals surface area contributed by atoms with Gasteiger partial charge in [0.05, 0.1) is 16.7 Å². The zero-order valence-corrected chi connectivity index (χ0v) is 12.5. The van der Waals surface area contributed by atoms with Crippen LogP contribution in [0.1, 0.15) is 17.0 Å². The standard InChI is InChI=1S/C17H17ClN2/c1-12-7-8-16-14(11-12)19-17(9-10-18)20(16)15-6-4-3-5-13(15)2/h3-8,11H,9-10H2,1-2H3. The first-order valence-electron chi connectivity index (χ1n) is 6.80. The van der Waals surface area contributed by atoms with Gasteiger partial charge < -0.3 is 0 Å². The van der Waals surface area contributed by atoms with Crippen LogP contribution in [0.15, 0.2) is 42.5 Å². The van der Waals surface area contributed by atoms with E-state index < -0.39 is 0 Å². The Morgan fingerprint density at radius 2 is 1.90 bits per heavy atom. The third-order valence-corrected chi connectivity index (χ3v) is 3.74. The zero-order chi connectivity index (χ0) is 14.1. The molecule has 0 saturated carbocycles. The molecule has 0 bridgehead atoms. The average Bonchev–Trinajstić information content (AvgIpc) is 2.77. The largest absolute Gasteiger partial charge is 0.296 e. The van der Waals surface area contributed by atoms with Crippen molar-refractivity contribution in [3.05, 3.63) is 59.4 Å². The summed E-state index contributed by atoms with van der Waals surface area (Å²) in [6.07, 6.45) is 0.767. The molecule has 2 aromatic carbocycles. The van der Waals surface area contributed by atoms with Crippen molar-refractivity contribution in [1.82, 2.24) is 9.55 Å². The molecule has 20 heavy (non-hydrogen) atoms. The van der Waals surface area contributed by atoms with Crippen LogP contribution in [-0.2, 0) is 6.42 Å². The van der Waals surface area contributed by atoms with Crippen LogP contribution in [0, 0.1) is 13.8 Å². The number of benzene rings is 2. The number of imidazole rings is 1. The summed E-state index contributed by atoms with van der Waals surface area (Å²) in [6.45, 7) is 4.22. The fourth-order valence-corrected chi connectivity index (χ4v) is 2.74. The van der Waals surface area contributed by atoms with Gasteiger partial charge in [0.1, 0.15) is 5.82 Å². The molecule has 1 aromatic heterocycles. The maximum absolute atomic E-state index is 5.94. The van der Waals surface area contributed by atoms with Crippen molar-refractivity contribution in [2.75, 3.05) is 5.88 Å². The van der Waals surface area contributed by atoms with Gasteiger partial charge in [-0.2, -0.15) is 0 Å². The summed E-state index contributed by atoms with van der Waals surface area (Å²) in [6, 6.07) is 14.8. The Balaban J connectivity index is 2.32. The first-order chi connectivity index (χ1) is 9.70. The summed E-state index contributed by atoms with van der Waals surface area (Å²) < 4.78 is 2.23. The van der Waals surface area contributed by atoms with Gasteiger partial charge in [-0.1, -0.05) is 24.3 Å². The van der Waals surface area contributed by atoms with Gasteiger partial charge in [-0.05, 0) is 43.2 Å². The average molecular weight is 285 g/mol. The maximum atomic E-state index is 5.94. The molecule has 0 spiro atoms. The topological polar surface area (TPSA) is 17.8 Å². The van der Waals surface area contributed by atoms with Crippen LogP contribution in [-0.4, -0.2) is 15.4 Å².